The minimum atomic E-state index is 0.405. The minimum Gasteiger partial charge on any atom is -0.227 e. The quantitative estimate of drug-likeness (QED) is 0.392. The summed E-state index contributed by atoms with van der Waals surface area (Å²) in [6, 6.07) is 0. The second kappa shape index (κ2) is 1.98. The molecule has 0 N–H and O–H groups in total. The van der Waals surface area contributed by atoms with Gasteiger partial charge in [0.25, 0.3) is 0 Å². The highest BCUT2D eigenvalue weighted by Gasteiger charge is 2.04. The lowest BCUT2D eigenvalue weighted by atomic mass is 10.5. The lowest BCUT2D eigenvalue weighted by Gasteiger charge is -1.81. The molecule has 1 unspecified atom stereocenters. The molecule has 0 aromatic rings. The number of hydrogen-bond acceptors (Lipinski definition) is 2. The first-order valence-electron chi connectivity index (χ1n) is 1.56. The maximum Gasteiger partial charge on any atom is 0.0653 e. The van der Waals surface area contributed by atoms with E-state index in [1.807, 2.05) is 12.0 Å². The molecule has 0 saturated carbocycles. The molecule has 1 nitrogen and oxygen atoms in total. The van der Waals surface area contributed by atoms with E-state index in [1.165, 1.54) is 11.9 Å². The van der Waals surface area contributed by atoms with Gasteiger partial charge in [-0.15, -0.1) is 0 Å². The lowest BCUT2D eigenvalue weighted by Crippen LogP contribution is -1.87. The van der Waals surface area contributed by atoms with Crippen molar-refractivity contribution in [1.29, 1.82) is 0 Å². The summed E-state index contributed by atoms with van der Waals surface area (Å²) in [5.74, 6) is 2.01. The molecule has 0 aromatic carbocycles. The first kappa shape index (κ1) is 4.65. The molecule has 1 radical (unpaired) electrons. The summed E-state index contributed by atoms with van der Waals surface area (Å²) in [5, 5.41) is 0. The highest BCUT2D eigenvalue weighted by molar-refractivity contribution is 9.10. The van der Waals surface area contributed by atoms with Crippen LogP contribution in [0.5, 0.6) is 0 Å². The maximum absolute atomic E-state index is 3.85. The Hall–Kier alpha value is 0.500. The molecule has 1 aliphatic rings. The van der Waals surface area contributed by atoms with Gasteiger partial charge in [-0.25, -0.2) is 4.40 Å². The predicted octanol–water partition coefficient (Wildman–Crippen LogP) is 1.64. The van der Waals surface area contributed by atoms with Crippen LogP contribution in [0.4, 0.5) is 0 Å². The van der Waals surface area contributed by atoms with E-state index in [-0.39, 0.29) is 0 Å². The van der Waals surface area contributed by atoms with Gasteiger partial charge in [-0.2, -0.15) is 0 Å². The number of halogens is 1. The first-order chi connectivity index (χ1) is 2.89. The van der Waals surface area contributed by atoms with Crippen molar-refractivity contribution >= 4 is 34.1 Å². The fourth-order valence-electron chi connectivity index (χ4n) is 0.222. The van der Waals surface area contributed by atoms with Gasteiger partial charge in [0.1, 0.15) is 0 Å². The van der Waals surface area contributed by atoms with Crippen molar-refractivity contribution in [2.45, 2.75) is 4.83 Å². The van der Waals surface area contributed by atoms with Crippen molar-refractivity contribution in [3.05, 3.63) is 5.75 Å². The fraction of sp³-hybridized carbons (Fsp3) is 0.333. The van der Waals surface area contributed by atoms with Crippen LogP contribution in [0.15, 0.2) is 4.40 Å². The number of rotatable bonds is 0. The Bertz CT molecular complexity index is 73.2. The van der Waals surface area contributed by atoms with E-state index in [0.29, 0.717) is 4.83 Å². The molecule has 1 atom stereocenters. The Morgan fingerprint density at radius 3 is 2.83 bits per heavy atom. The van der Waals surface area contributed by atoms with Crippen LogP contribution in [-0.2, 0) is 0 Å². The van der Waals surface area contributed by atoms with E-state index in [2.05, 4.69) is 20.3 Å². The topological polar surface area (TPSA) is 12.4 Å². The van der Waals surface area contributed by atoms with E-state index in [4.69, 9.17) is 0 Å². The fourth-order valence-corrected chi connectivity index (χ4v) is 1.24. The van der Waals surface area contributed by atoms with E-state index in [0.717, 1.165) is 0 Å². The van der Waals surface area contributed by atoms with Crippen molar-refractivity contribution < 1.29 is 0 Å². The van der Waals surface area contributed by atoms with Gasteiger partial charge >= 0.3 is 0 Å². The Morgan fingerprint density at radius 1 is 1.83 bits per heavy atom. The summed E-state index contributed by atoms with van der Waals surface area (Å²) in [6.07, 6.45) is 1.85. The van der Waals surface area contributed by atoms with Gasteiger partial charge < -0.3 is 0 Å². The molecule has 6 heavy (non-hydrogen) atoms. The zero-order valence-corrected chi connectivity index (χ0v) is 5.37. The Morgan fingerprint density at radius 2 is 2.67 bits per heavy atom. The molecule has 0 saturated heterocycles. The van der Waals surface area contributed by atoms with Gasteiger partial charge in [0, 0.05) is 6.21 Å². The van der Waals surface area contributed by atoms with E-state index >= 15 is 0 Å². The number of hydrogen-bond donors (Lipinski definition) is 0. The van der Waals surface area contributed by atoms with Crippen LogP contribution in [0.2, 0.25) is 0 Å². The lowest BCUT2D eigenvalue weighted by molar-refractivity contribution is 1.60. The molecule has 1 rings (SSSR count). The van der Waals surface area contributed by atoms with Crippen LogP contribution in [0.25, 0.3) is 0 Å². The summed E-state index contributed by atoms with van der Waals surface area (Å²) in [7, 11) is 0. The average molecular weight is 165 g/mol. The predicted molar refractivity (Wildman–Crippen MR) is 33.1 cm³/mol. The molecule has 0 aromatic heterocycles. The zero-order chi connectivity index (χ0) is 4.41. The number of nitrogens with zero attached hydrogens (tertiary/aromatic N) is 1. The normalized spacial score (nSPS) is 31.8. The van der Waals surface area contributed by atoms with Gasteiger partial charge in [0.05, 0.1) is 10.6 Å². The molecule has 33 valence electrons. The molecular weight excluding hydrogens is 162 g/mol. The van der Waals surface area contributed by atoms with Crippen LogP contribution in [0.1, 0.15) is 0 Å². The third-order valence-electron chi connectivity index (χ3n) is 0.455. The largest absolute Gasteiger partial charge is 0.227 e. The van der Waals surface area contributed by atoms with Crippen molar-refractivity contribution in [2.24, 2.45) is 4.40 Å². The SMILES string of the molecule is BrC1[CH]SN=C1. The molecule has 0 aliphatic carbocycles. The summed E-state index contributed by atoms with van der Waals surface area (Å²) in [5.41, 5.74) is 0. The van der Waals surface area contributed by atoms with Crippen LogP contribution in [0, 0.1) is 5.75 Å². The van der Waals surface area contributed by atoms with Crippen molar-refractivity contribution in [2.75, 3.05) is 0 Å². The second-order valence-electron chi connectivity index (χ2n) is 0.940. The Kier molecular flexibility index (Phi) is 1.54. The average Bonchev–Trinajstić information content (AvgIpc) is 1.86. The highest BCUT2D eigenvalue weighted by atomic mass is 79.9. The molecule has 0 bridgehead atoms. The molecule has 3 heteroatoms. The second-order valence-corrected chi connectivity index (χ2v) is 2.69. The van der Waals surface area contributed by atoms with Crippen molar-refractivity contribution in [1.82, 2.24) is 0 Å². The summed E-state index contributed by atoms with van der Waals surface area (Å²) in [4.78, 5) is 0.405. The maximum atomic E-state index is 3.85. The summed E-state index contributed by atoms with van der Waals surface area (Å²) in [6.45, 7) is 0. The molecule has 0 fully saturated rings. The molecule has 1 aliphatic heterocycles. The molecular formula is C3H3BrNS. The summed E-state index contributed by atoms with van der Waals surface area (Å²) >= 11 is 4.79. The summed E-state index contributed by atoms with van der Waals surface area (Å²) < 4.78 is 3.85. The molecule has 0 amide bonds. The van der Waals surface area contributed by atoms with E-state index < -0.39 is 0 Å². The van der Waals surface area contributed by atoms with Gasteiger partial charge in [-0.3, -0.25) is 0 Å². The molecule has 0 spiro atoms. The van der Waals surface area contributed by atoms with Gasteiger partial charge in [0.2, 0.25) is 0 Å². The van der Waals surface area contributed by atoms with E-state index in [9.17, 15) is 0 Å². The monoisotopic (exact) mass is 164 g/mol. The van der Waals surface area contributed by atoms with Crippen LogP contribution >= 0.6 is 27.9 Å². The standard InChI is InChI=1S/C3H3BrNS/c4-3-1-5-6-2-3/h1-3H. The van der Waals surface area contributed by atoms with E-state index in [1.54, 1.807) is 0 Å². The minimum absolute atomic E-state index is 0.405. The zero-order valence-electron chi connectivity index (χ0n) is 2.97. The van der Waals surface area contributed by atoms with Gasteiger partial charge in [-0.1, -0.05) is 15.9 Å². The van der Waals surface area contributed by atoms with Gasteiger partial charge in [-0.05, 0) is 11.9 Å². The first-order valence-corrected chi connectivity index (χ1v) is 3.31. The van der Waals surface area contributed by atoms with Crippen LogP contribution in [-0.4, -0.2) is 11.0 Å². The number of alkyl halides is 1. The third-order valence-corrected chi connectivity index (χ3v) is 1.96. The highest BCUT2D eigenvalue weighted by Crippen LogP contribution is 2.20. The van der Waals surface area contributed by atoms with Crippen molar-refractivity contribution in [3.8, 4) is 0 Å². The van der Waals surface area contributed by atoms with Crippen LogP contribution in [0.3, 0.4) is 0 Å². The Labute approximate surface area is 49.5 Å². The Balaban J connectivity index is 2.38. The van der Waals surface area contributed by atoms with Crippen LogP contribution < -0.4 is 0 Å². The smallest absolute Gasteiger partial charge is 0.0653 e. The van der Waals surface area contributed by atoms with Gasteiger partial charge in [0.15, 0.2) is 0 Å². The van der Waals surface area contributed by atoms with Crippen molar-refractivity contribution in [3.63, 3.8) is 0 Å². The molecule has 1 heterocycles. The third kappa shape index (κ3) is 0.980.